The SMILES string of the molecule is COC(=O)N1[C@@H]2CCC[C@H]1CC(N(C)c1nc(Nc3cc(C)[nH]n3)cc(C3CCOCC3)n1)C2. The van der Waals surface area contributed by atoms with Gasteiger partial charge in [0.15, 0.2) is 5.82 Å². The molecule has 0 aliphatic carbocycles. The number of aromatic nitrogens is 4. The molecule has 10 nitrogen and oxygen atoms in total. The van der Waals surface area contributed by atoms with Crippen LogP contribution in [0.2, 0.25) is 0 Å². The lowest BCUT2D eigenvalue weighted by Gasteiger charge is -2.49. The monoisotopic (exact) mass is 469 g/mol. The number of hydrogen-bond acceptors (Lipinski definition) is 8. The summed E-state index contributed by atoms with van der Waals surface area (Å²) in [5.74, 6) is 2.56. The summed E-state index contributed by atoms with van der Waals surface area (Å²) in [7, 11) is 3.56. The molecule has 3 fully saturated rings. The van der Waals surface area contributed by atoms with Crippen LogP contribution in [0.1, 0.15) is 62.3 Å². The van der Waals surface area contributed by atoms with E-state index in [0.29, 0.717) is 11.9 Å². The number of hydrogen-bond donors (Lipinski definition) is 2. The number of fused-ring (bicyclic) bond motifs is 2. The Balaban J connectivity index is 1.41. The molecule has 3 aliphatic rings. The Morgan fingerprint density at radius 2 is 1.88 bits per heavy atom. The zero-order valence-corrected chi connectivity index (χ0v) is 20.3. The summed E-state index contributed by atoms with van der Waals surface area (Å²) in [5, 5.41) is 10.6. The molecule has 2 aromatic rings. The summed E-state index contributed by atoms with van der Waals surface area (Å²) in [6, 6.07) is 4.68. The first kappa shape index (κ1) is 22.9. The Hall–Kier alpha value is -2.88. The number of ether oxygens (including phenoxy) is 2. The highest BCUT2D eigenvalue weighted by Gasteiger charge is 2.43. The van der Waals surface area contributed by atoms with Crippen LogP contribution >= 0.6 is 0 Å². The van der Waals surface area contributed by atoms with E-state index in [0.717, 1.165) is 81.2 Å². The van der Waals surface area contributed by atoms with E-state index in [1.807, 2.05) is 24.0 Å². The first-order valence-electron chi connectivity index (χ1n) is 12.4. The van der Waals surface area contributed by atoms with Gasteiger partial charge in [0.2, 0.25) is 5.95 Å². The molecule has 3 atom stereocenters. The van der Waals surface area contributed by atoms with Crippen LogP contribution < -0.4 is 10.2 Å². The Kier molecular flexibility index (Phi) is 6.58. The summed E-state index contributed by atoms with van der Waals surface area (Å²) in [5.41, 5.74) is 2.03. The van der Waals surface area contributed by atoms with Crippen LogP contribution in [-0.4, -0.2) is 76.7 Å². The normalized spacial score (nSPS) is 25.1. The average Bonchev–Trinajstić information content (AvgIpc) is 3.26. The highest BCUT2D eigenvalue weighted by atomic mass is 16.5. The van der Waals surface area contributed by atoms with Crippen molar-refractivity contribution in [2.45, 2.75) is 75.9 Å². The molecule has 3 aliphatic heterocycles. The minimum absolute atomic E-state index is 0.200. The van der Waals surface area contributed by atoms with Crippen LogP contribution in [0.5, 0.6) is 0 Å². The Morgan fingerprint density at radius 1 is 1.15 bits per heavy atom. The minimum Gasteiger partial charge on any atom is -0.453 e. The second kappa shape index (κ2) is 9.77. The number of amides is 1. The fraction of sp³-hybridized carbons (Fsp3) is 0.667. The lowest BCUT2D eigenvalue weighted by Crippen LogP contribution is -2.58. The van der Waals surface area contributed by atoms with Gasteiger partial charge in [-0.2, -0.15) is 10.1 Å². The van der Waals surface area contributed by atoms with Crippen molar-refractivity contribution in [1.82, 2.24) is 25.1 Å². The predicted octanol–water partition coefficient (Wildman–Crippen LogP) is 3.73. The summed E-state index contributed by atoms with van der Waals surface area (Å²) in [6.07, 6.45) is 6.71. The first-order chi connectivity index (χ1) is 16.5. The maximum absolute atomic E-state index is 12.4. The van der Waals surface area contributed by atoms with Gasteiger partial charge in [-0.05, 0) is 51.9 Å². The van der Waals surface area contributed by atoms with E-state index in [4.69, 9.17) is 19.4 Å². The zero-order valence-electron chi connectivity index (χ0n) is 20.3. The van der Waals surface area contributed by atoms with E-state index in [1.54, 1.807) is 0 Å². The van der Waals surface area contributed by atoms with Crippen LogP contribution in [0.4, 0.5) is 22.4 Å². The van der Waals surface area contributed by atoms with Crippen molar-refractivity contribution in [2.75, 3.05) is 37.6 Å². The number of aryl methyl sites for hydroxylation is 1. The van der Waals surface area contributed by atoms with Gasteiger partial charge in [-0.15, -0.1) is 0 Å². The van der Waals surface area contributed by atoms with E-state index in [9.17, 15) is 4.79 Å². The molecule has 2 aromatic heterocycles. The molecular weight excluding hydrogens is 434 g/mol. The summed E-state index contributed by atoms with van der Waals surface area (Å²) < 4.78 is 10.7. The van der Waals surface area contributed by atoms with Crippen molar-refractivity contribution < 1.29 is 14.3 Å². The second-order valence-electron chi connectivity index (χ2n) is 9.78. The number of piperidine rings is 2. The topological polar surface area (TPSA) is 109 Å². The van der Waals surface area contributed by atoms with Crippen LogP contribution in [-0.2, 0) is 9.47 Å². The third-order valence-corrected chi connectivity index (χ3v) is 7.53. The van der Waals surface area contributed by atoms with Crippen LogP contribution in [0, 0.1) is 6.92 Å². The minimum atomic E-state index is -0.200. The van der Waals surface area contributed by atoms with Gasteiger partial charge in [-0.25, -0.2) is 9.78 Å². The van der Waals surface area contributed by atoms with Gasteiger partial charge in [-0.1, -0.05) is 0 Å². The molecule has 1 amide bonds. The number of nitrogens with zero attached hydrogens (tertiary/aromatic N) is 5. The van der Waals surface area contributed by atoms with Crippen molar-refractivity contribution in [3.05, 3.63) is 23.5 Å². The number of H-pyrrole nitrogens is 1. The van der Waals surface area contributed by atoms with Gasteiger partial charge in [-0.3, -0.25) is 5.10 Å². The molecule has 10 heteroatoms. The van der Waals surface area contributed by atoms with Gasteiger partial charge in [0, 0.05) is 62.1 Å². The number of carbonyl (C=O) groups is 1. The molecular formula is C24H35N7O3. The third kappa shape index (κ3) is 4.68. The molecule has 1 unspecified atom stereocenters. The van der Waals surface area contributed by atoms with Crippen molar-refractivity contribution in [3.8, 4) is 0 Å². The molecule has 5 heterocycles. The Bertz CT molecular complexity index is 992. The fourth-order valence-electron chi connectivity index (χ4n) is 5.73. The van der Waals surface area contributed by atoms with Gasteiger partial charge in [0.1, 0.15) is 5.82 Å². The number of aromatic amines is 1. The van der Waals surface area contributed by atoms with Crippen LogP contribution in [0.15, 0.2) is 12.1 Å². The van der Waals surface area contributed by atoms with E-state index in [-0.39, 0.29) is 24.2 Å². The summed E-state index contributed by atoms with van der Waals surface area (Å²) in [4.78, 5) is 26.5. The quantitative estimate of drug-likeness (QED) is 0.682. The molecule has 0 radical (unpaired) electrons. The highest BCUT2D eigenvalue weighted by Crippen LogP contribution is 2.37. The number of methoxy groups -OCH3 is 1. The van der Waals surface area contributed by atoms with Gasteiger partial charge >= 0.3 is 6.09 Å². The van der Waals surface area contributed by atoms with Gasteiger partial charge < -0.3 is 24.6 Å². The van der Waals surface area contributed by atoms with Gasteiger partial charge in [0.05, 0.1) is 12.8 Å². The third-order valence-electron chi connectivity index (χ3n) is 7.53. The van der Waals surface area contributed by atoms with Crippen LogP contribution in [0.3, 0.4) is 0 Å². The molecule has 184 valence electrons. The number of anilines is 3. The van der Waals surface area contributed by atoms with Crippen molar-refractivity contribution in [3.63, 3.8) is 0 Å². The van der Waals surface area contributed by atoms with Crippen molar-refractivity contribution >= 4 is 23.7 Å². The Morgan fingerprint density at radius 3 is 2.53 bits per heavy atom. The lowest BCUT2D eigenvalue weighted by atomic mass is 9.81. The lowest BCUT2D eigenvalue weighted by molar-refractivity contribution is 0.0260. The largest absolute Gasteiger partial charge is 0.453 e. The van der Waals surface area contributed by atoms with E-state index in [1.165, 1.54) is 7.11 Å². The molecule has 34 heavy (non-hydrogen) atoms. The average molecular weight is 470 g/mol. The van der Waals surface area contributed by atoms with Gasteiger partial charge in [0.25, 0.3) is 0 Å². The number of rotatable bonds is 5. The first-order valence-corrected chi connectivity index (χ1v) is 12.4. The van der Waals surface area contributed by atoms with E-state index in [2.05, 4.69) is 27.5 Å². The molecule has 0 spiro atoms. The molecule has 0 saturated carbocycles. The highest BCUT2D eigenvalue weighted by molar-refractivity contribution is 5.68. The second-order valence-corrected chi connectivity index (χ2v) is 9.78. The summed E-state index contributed by atoms with van der Waals surface area (Å²) >= 11 is 0. The molecule has 5 rings (SSSR count). The maximum atomic E-state index is 12.4. The predicted molar refractivity (Wildman–Crippen MR) is 129 cm³/mol. The fourth-order valence-corrected chi connectivity index (χ4v) is 5.73. The van der Waals surface area contributed by atoms with Crippen molar-refractivity contribution in [2.24, 2.45) is 0 Å². The van der Waals surface area contributed by atoms with E-state index >= 15 is 0 Å². The Labute approximate surface area is 200 Å². The summed E-state index contributed by atoms with van der Waals surface area (Å²) in [6.45, 7) is 3.50. The van der Waals surface area contributed by atoms with Crippen LogP contribution in [0.25, 0.3) is 0 Å². The number of nitrogens with one attached hydrogen (secondary N) is 2. The smallest absolute Gasteiger partial charge is 0.409 e. The zero-order chi connectivity index (χ0) is 23.7. The molecule has 2 bridgehead atoms. The molecule has 0 aromatic carbocycles. The number of carbonyl (C=O) groups excluding carboxylic acids is 1. The molecule has 2 N–H and O–H groups in total. The van der Waals surface area contributed by atoms with E-state index < -0.39 is 0 Å². The maximum Gasteiger partial charge on any atom is 0.409 e. The standard InChI is InChI=1S/C24H35N7O3/c1-15-11-22(29-28-15)26-21-14-20(16-7-9-34-10-8-16)25-23(27-21)30(2)19-12-17-5-4-6-18(13-19)31(17)24(32)33-3/h11,14,16-19H,4-10,12-13H2,1-3H3,(H2,25,26,27,28,29)/t17-,18+,19?. The van der Waals surface area contributed by atoms with Crippen molar-refractivity contribution in [1.29, 1.82) is 0 Å². The molecule has 3 saturated heterocycles.